The third kappa shape index (κ3) is 4.14. The SMILES string of the molecule is CCOC(=O)c1cccc(C(=O)N2CCN(c3cccc(Cl)c3)CC2)n1. The largest absolute Gasteiger partial charge is 0.461 e. The maximum Gasteiger partial charge on any atom is 0.356 e. The normalized spacial score (nSPS) is 14.2. The van der Waals surface area contributed by atoms with Gasteiger partial charge in [0, 0.05) is 36.9 Å². The molecule has 0 saturated carbocycles. The number of halogens is 1. The highest BCUT2D eigenvalue weighted by atomic mass is 35.5. The second-order valence-electron chi connectivity index (χ2n) is 5.89. The molecule has 1 amide bonds. The second kappa shape index (κ2) is 8.19. The molecule has 0 radical (unpaired) electrons. The molecule has 0 spiro atoms. The molecule has 0 N–H and O–H groups in total. The van der Waals surface area contributed by atoms with Gasteiger partial charge in [-0.25, -0.2) is 9.78 Å². The van der Waals surface area contributed by atoms with E-state index >= 15 is 0 Å². The first-order valence-electron chi connectivity index (χ1n) is 8.52. The van der Waals surface area contributed by atoms with Gasteiger partial charge in [-0.1, -0.05) is 23.7 Å². The number of carbonyl (C=O) groups excluding carboxylic acids is 2. The maximum absolute atomic E-state index is 12.7. The van der Waals surface area contributed by atoms with E-state index in [1.807, 2.05) is 24.3 Å². The molecule has 2 heterocycles. The average Bonchev–Trinajstić information content (AvgIpc) is 2.68. The molecule has 3 rings (SSSR count). The van der Waals surface area contributed by atoms with Crippen LogP contribution in [0.3, 0.4) is 0 Å². The molecule has 6 nitrogen and oxygen atoms in total. The van der Waals surface area contributed by atoms with E-state index in [-0.39, 0.29) is 23.9 Å². The van der Waals surface area contributed by atoms with Gasteiger partial charge in [0.2, 0.25) is 0 Å². The van der Waals surface area contributed by atoms with Gasteiger partial charge in [-0.3, -0.25) is 4.79 Å². The first kappa shape index (κ1) is 18.2. The van der Waals surface area contributed by atoms with Crippen LogP contribution in [0.1, 0.15) is 27.9 Å². The van der Waals surface area contributed by atoms with E-state index in [1.165, 1.54) is 0 Å². The summed E-state index contributed by atoms with van der Waals surface area (Å²) in [6.07, 6.45) is 0. The molecule has 0 bridgehead atoms. The summed E-state index contributed by atoms with van der Waals surface area (Å²) in [4.78, 5) is 32.6. The van der Waals surface area contributed by atoms with Crippen molar-refractivity contribution in [1.29, 1.82) is 0 Å². The van der Waals surface area contributed by atoms with Gasteiger partial charge in [-0.05, 0) is 37.3 Å². The van der Waals surface area contributed by atoms with Crippen LogP contribution in [0, 0.1) is 0 Å². The second-order valence-corrected chi connectivity index (χ2v) is 6.32. The van der Waals surface area contributed by atoms with Crippen molar-refractivity contribution in [1.82, 2.24) is 9.88 Å². The Labute approximate surface area is 157 Å². The molecule has 136 valence electrons. The van der Waals surface area contributed by atoms with Crippen LogP contribution in [-0.4, -0.2) is 54.5 Å². The first-order valence-corrected chi connectivity index (χ1v) is 8.90. The molecule has 7 heteroatoms. The summed E-state index contributed by atoms with van der Waals surface area (Å²) in [5, 5.41) is 0.695. The molecule has 1 aromatic carbocycles. The molecule has 1 saturated heterocycles. The van der Waals surface area contributed by atoms with Gasteiger partial charge in [0.25, 0.3) is 5.91 Å². The van der Waals surface area contributed by atoms with Crippen LogP contribution in [0.15, 0.2) is 42.5 Å². The Morgan fingerprint density at radius 1 is 1.08 bits per heavy atom. The number of rotatable bonds is 4. The summed E-state index contributed by atoms with van der Waals surface area (Å²) in [5.74, 6) is -0.699. The van der Waals surface area contributed by atoms with Gasteiger partial charge in [0.1, 0.15) is 11.4 Å². The number of piperazine rings is 1. The van der Waals surface area contributed by atoms with E-state index in [9.17, 15) is 9.59 Å². The fraction of sp³-hybridized carbons (Fsp3) is 0.316. The fourth-order valence-corrected chi connectivity index (χ4v) is 3.06. The van der Waals surface area contributed by atoms with Crippen molar-refractivity contribution in [3.63, 3.8) is 0 Å². The smallest absolute Gasteiger partial charge is 0.356 e. The Bertz CT molecular complexity index is 804. The summed E-state index contributed by atoms with van der Waals surface area (Å²) in [6.45, 7) is 4.58. The number of hydrogen-bond acceptors (Lipinski definition) is 5. The van der Waals surface area contributed by atoms with Crippen molar-refractivity contribution in [2.45, 2.75) is 6.92 Å². The van der Waals surface area contributed by atoms with E-state index in [0.717, 1.165) is 5.69 Å². The Hall–Kier alpha value is -2.60. The van der Waals surface area contributed by atoms with E-state index in [4.69, 9.17) is 16.3 Å². The number of anilines is 1. The number of pyridine rings is 1. The van der Waals surface area contributed by atoms with E-state index in [0.29, 0.717) is 31.2 Å². The minimum Gasteiger partial charge on any atom is -0.461 e. The van der Waals surface area contributed by atoms with Crippen molar-refractivity contribution in [3.05, 3.63) is 58.9 Å². The van der Waals surface area contributed by atoms with Gasteiger partial charge < -0.3 is 14.5 Å². The Balaban J connectivity index is 1.65. The van der Waals surface area contributed by atoms with Crippen LogP contribution in [0.5, 0.6) is 0 Å². The summed E-state index contributed by atoms with van der Waals surface area (Å²) in [6, 6.07) is 12.5. The van der Waals surface area contributed by atoms with Crippen molar-refractivity contribution in [3.8, 4) is 0 Å². The summed E-state index contributed by atoms with van der Waals surface area (Å²) in [7, 11) is 0. The van der Waals surface area contributed by atoms with Gasteiger partial charge >= 0.3 is 5.97 Å². The molecule has 2 aromatic rings. The lowest BCUT2D eigenvalue weighted by Gasteiger charge is -2.36. The zero-order chi connectivity index (χ0) is 18.5. The molecular formula is C19H20ClN3O3. The third-order valence-electron chi connectivity index (χ3n) is 4.19. The lowest BCUT2D eigenvalue weighted by Crippen LogP contribution is -2.49. The Morgan fingerprint density at radius 3 is 2.46 bits per heavy atom. The van der Waals surface area contributed by atoms with Crippen LogP contribution >= 0.6 is 11.6 Å². The Morgan fingerprint density at radius 2 is 1.77 bits per heavy atom. The van der Waals surface area contributed by atoms with Crippen LogP contribution in [-0.2, 0) is 4.74 Å². The Kier molecular flexibility index (Phi) is 5.73. The number of benzene rings is 1. The molecule has 0 unspecified atom stereocenters. The van der Waals surface area contributed by atoms with Crippen molar-refractivity contribution >= 4 is 29.2 Å². The summed E-state index contributed by atoms with van der Waals surface area (Å²) >= 11 is 6.05. The number of esters is 1. The molecule has 0 aliphatic carbocycles. The molecule has 1 aliphatic heterocycles. The monoisotopic (exact) mass is 373 g/mol. The molecule has 1 aliphatic rings. The van der Waals surface area contributed by atoms with Gasteiger partial charge in [-0.15, -0.1) is 0 Å². The highest BCUT2D eigenvalue weighted by Gasteiger charge is 2.24. The summed E-state index contributed by atoms with van der Waals surface area (Å²) < 4.78 is 4.94. The van der Waals surface area contributed by atoms with E-state index in [2.05, 4.69) is 9.88 Å². The van der Waals surface area contributed by atoms with Crippen molar-refractivity contribution in [2.75, 3.05) is 37.7 Å². The quantitative estimate of drug-likeness (QED) is 0.771. The predicted octanol–water partition coefficient (Wildman–Crippen LogP) is 2.87. The van der Waals surface area contributed by atoms with Gasteiger partial charge in [0.05, 0.1) is 6.61 Å². The van der Waals surface area contributed by atoms with Crippen LogP contribution in [0.25, 0.3) is 0 Å². The highest BCUT2D eigenvalue weighted by molar-refractivity contribution is 6.30. The van der Waals surface area contributed by atoms with Gasteiger partial charge in [-0.2, -0.15) is 0 Å². The van der Waals surface area contributed by atoms with E-state index in [1.54, 1.807) is 30.0 Å². The number of carbonyl (C=O) groups is 2. The fourth-order valence-electron chi connectivity index (χ4n) is 2.88. The zero-order valence-electron chi connectivity index (χ0n) is 14.5. The molecule has 1 fully saturated rings. The van der Waals surface area contributed by atoms with E-state index < -0.39 is 5.97 Å². The van der Waals surface area contributed by atoms with Crippen LogP contribution in [0.4, 0.5) is 5.69 Å². The molecule has 26 heavy (non-hydrogen) atoms. The topological polar surface area (TPSA) is 62.7 Å². The van der Waals surface area contributed by atoms with Crippen LogP contribution < -0.4 is 4.90 Å². The maximum atomic E-state index is 12.7. The number of amides is 1. The average molecular weight is 374 g/mol. The number of ether oxygens (including phenoxy) is 1. The number of aromatic nitrogens is 1. The first-order chi connectivity index (χ1) is 12.6. The highest BCUT2D eigenvalue weighted by Crippen LogP contribution is 2.21. The number of hydrogen-bond donors (Lipinski definition) is 0. The molecular weight excluding hydrogens is 354 g/mol. The minimum atomic E-state index is -0.520. The standard InChI is InChI=1S/C19H20ClN3O3/c1-2-26-19(25)17-8-4-7-16(21-17)18(24)23-11-9-22(10-12-23)15-6-3-5-14(20)13-15/h3-8,13H,2,9-12H2,1H3. The van der Waals surface area contributed by atoms with Crippen molar-refractivity contribution < 1.29 is 14.3 Å². The predicted molar refractivity (Wildman–Crippen MR) is 99.8 cm³/mol. The summed E-state index contributed by atoms with van der Waals surface area (Å²) in [5.41, 5.74) is 1.45. The van der Waals surface area contributed by atoms with Crippen molar-refractivity contribution in [2.24, 2.45) is 0 Å². The molecule has 0 atom stereocenters. The third-order valence-corrected chi connectivity index (χ3v) is 4.43. The zero-order valence-corrected chi connectivity index (χ0v) is 15.3. The minimum absolute atomic E-state index is 0.148. The van der Waals surface area contributed by atoms with Crippen LogP contribution in [0.2, 0.25) is 5.02 Å². The van der Waals surface area contributed by atoms with Gasteiger partial charge in [0.15, 0.2) is 0 Å². The number of nitrogens with zero attached hydrogens (tertiary/aromatic N) is 3. The lowest BCUT2D eigenvalue weighted by atomic mass is 10.2. The molecule has 1 aromatic heterocycles. The lowest BCUT2D eigenvalue weighted by molar-refractivity contribution is 0.0519.